The van der Waals surface area contributed by atoms with Crippen LogP contribution < -0.4 is 0 Å². The number of hydrogen-bond acceptors (Lipinski definition) is 3. The van der Waals surface area contributed by atoms with Crippen molar-refractivity contribution in [3.8, 4) is 0 Å². The second-order valence-electron chi connectivity index (χ2n) is 4.24. The molecule has 0 amide bonds. The maximum absolute atomic E-state index is 12.8. The first-order valence-electron chi connectivity index (χ1n) is 5.98. The minimum atomic E-state index is -4.46. The lowest BCUT2D eigenvalue weighted by Gasteiger charge is -2.11. The standard InChI is InChI=1S/C14H12F3NO2/c1-3-20-13(19)12-8(2)18-7-9-4-5-10(6-11(9)12)14(15,16)17/h4-7H,3H2,1-2H3. The maximum Gasteiger partial charge on any atom is 0.416 e. The van der Waals surface area contributed by atoms with E-state index in [9.17, 15) is 18.0 Å². The van der Waals surface area contributed by atoms with Crippen molar-refractivity contribution in [3.63, 3.8) is 0 Å². The van der Waals surface area contributed by atoms with E-state index in [1.54, 1.807) is 13.8 Å². The Morgan fingerprint density at radius 2 is 2.05 bits per heavy atom. The van der Waals surface area contributed by atoms with E-state index in [2.05, 4.69) is 4.98 Å². The zero-order valence-electron chi connectivity index (χ0n) is 10.9. The summed E-state index contributed by atoms with van der Waals surface area (Å²) in [5.74, 6) is -0.664. The van der Waals surface area contributed by atoms with Gasteiger partial charge in [-0.15, -0.1) is 0 Å². The van der Waals surface area contributed by atoms with Gasteiger partial charge >= 0.3 is 12.1 Å². The molecule has 1 aromatic heterocycles. The van der Waals surface area contributed by atoms with E-state index in [0.717, 1.165) is 12.1 Å². The molecule has 0 N–H and O–H groups in total. The van der Waals surface area contributed by atoms with Crippen LogP contribution >= 0.6 is 0 Å². The molecule has 3 nitrogen and oxygen atoms in total. The zero-order valence-corrected chi connectivity index (χ0v) is 10.9. The third-order valence-corrected chi connectivity index (χ3v) is 2.89. The van der Waals surface area contributed by atoms with E-state index >= 15 is 0 Å². The summed E-state index contributed by atoms with van der Waals surface area (Å²) in [6.45, 7) is 3.34. The molecule has 0 aliphatic heterocycles. The highest BCUT2D eigenvalue weighted by Crippen LogP contribution is 2.32. The van der Waals surface area contributed by atoms with Crippen LogP contribution in [0, 0.1) is 6.92 Å². The number of hydrogen-bond donors (Lipinski definition) is 0. The lowest BCUT2D eigenvalue weighted by molar-refractivity contribution is -0.137. The van der Waals surface area contributed by atoms with E-state index in [1.807, 2.05) is 0 Å². The molecule has 0 atom stereocenters. The number of alkyl halides is 3. The highest BCUT2D eigenvalue weighted by atomic mass is 19.4. The van der Waals surface area contributed by atoms with Crippen LogP contribution in [0.1, 0.15) is 28.5 Å². The van der Waals surface area contributed by atoms with Crippen molar-refractivity contribution in [2.45, 2.75) is 20.0 Å². The van der Waals surface area contributed by atoms with Crippen LogP contribution in [0.4, 0.5) is 13.2 Å². The summed E-state index contributed by atoms with van der Waals surface area (Å²) in [5, 5.41) is 0.664. The number of pyridine rings is 1. The van der Waals surface area contributed by atoms with Crippen molar-refractivity contribution in [2.24, 2.45) is 0 Å². The predicted octanol–water partition coefficient (Wildman–Crippen LogP) is 3.74. The summed E-state index contributed by atoms with van der Waals surface area (Å²) in [6, 6.07) is 3.22. The quantitative estimate of drug-likeness (QED) is 0.788. The predicted molar refractivity (Wildman–Crippen MR) is 67.4 cm³/mol. The number of aryl methyl sites for hydroxylation is 1. The van der Waals surface area contributed by atoms with Gasteiger partial charge in [-0.1, -0.05) is 6.07 Å². The molecule has 0 aliphatic rings. The minimum absolute atomic E-state index is 0.0791. The summed E-state index contributed by atoms with van der Waals surface area (Å²) >= 11 is 0. The minimum Gasteiger partial charge on any atom is -0.462 e. The first kappa shape index (κ1) is 14.3. The fraction of sp³-hybridized carbons (Fsp3) is 0.286. The number of rotatable bonds is 2. The molecule has 106 valence electrons. The van der Waals surface area contributed by atoms with Crippen LogP contribution in [0.15, 0.2) is 24.4 Å². The Hall–Kier alpha value is -2.11. The van der Waals surface area contributed by atoms with Crippen molar-refractivity contribution in [2.75, 3.05) is 6.61 Å². The molecule has 0 aliphatic carbocycles. The van der Waals surface area contributed by atoms with Crippen LogP contribution in [0.5, 0.6) is 0 Å². The molecule has 1 heterocycles. The van der Waals surface area contributed by atoms with Gasteiger partial charge < -0.3 is 4.74 Å². The number of fused-ring (bicyclic) bond motifs is 1. The Morgan fingerprint density at radius 1 is 1.35 bits per heavy atom. The summed E-state index contributed by atoms with van der Waals surface area (Å²) in [5.41, 5.74) is -0.383. The molecule has 2 rings (SSSR count). The van der Waals surface area contributed by atoms with Gasteiger partial charge in [0.15, 0.2) is 0 Å². The second kappa shape index (κ2) is 5.11. The molecule has 0 fully saturated rings. The van der Waals surface area contributed by atoms with Gasteiger partial charge in [-0.25, -0.2) is 4.79 Å². The first-order valence-corrected chi connectivity index (χ1v) is 5.98. The highest BCUT2D eigenvalue weighted by Gasteiger charge is 2.31. The number of halogens is 3. The maximum atomic E-state index is 12.8. The summed E-state index contributed by atoms with van der Waals surface area (Å²) in [6.07, 6.45) is -3.02. The zero-order chi connectivity index (χ0) is 14.9. The Labute approximate surface area is 113 Å². The second-order valence-corrected chi connectivity index (χ2v) is 4.24. The summed E-state index contributed by atoms with van der Waals surface area (Å²) in [7, 11) is 0. The van der Waals surface area contributed by atoms with Gasteiger partial charge in [0, 0.05) is 17.0 Å². The molecule has 20 heavy (non-hydrogen) atoms. The van der Waals surface area contributed by atoms with E-state index in [4.69, 9.17) is 4.74 Å². The molecule has 1 aromatic carbocycles. The fourth-order valence-electron chi connectivity index (χ4n) is 1.95. The van der Waals surface area contributed by atoms with Gasteiger partial charge in [-0.2, -0.15) is 13.2 Å². The monoisotopic (exact) mass is 283 g/mol. The Morgan fingerprint density at radius 3 is 2.65 bits per heavy atom. The molecular weight excluding hydrogens is 271 g/mol. The highest BCUT2D eigenvalue weighted by molar-refractivity contribution is 6.05. The lowest BCUT2D eigenvalue weighted by atomic mass is 10.0. The Balaban J connectivity index is 2.71. The van der Waals surface area contributed by atoms with Crippen LogP contribution in [0.25, 0.3) is 10.8 Å². The Kier molecular flexibility index (Phi) is 3.65. The van der Waals surface area contributed by atoms with Crippen LogP contribution in [0.2, 0.25) is 0 Å². The van der Waals surface area contributed by atoms with Crippen molar-refractivity contribution in [1.29, 1.82) is 0 Å². The molecule has 0 spiro atoms. The molecule has 0 saturated carbocycles. The largest absolute Gasteiger partial charge is 0.462 e. The molecule has 2 aromatic rings. The van der Waals surface area contributed by atoms with Crippen LogP contribution in [-0.4, -0.2) is 17.6 Å². The number of carbonyl (C=O) groups excluding carboxylic acids is 1. The van der Waals surface area contributed by atoms with E-state index in [-0.39, 0.29) is 17.6 Å². The van der Waals surface area contributed by atoms with E-state index in [1.165, 1.54) is 12.3 Å². The lowest BCUT2D eigenvalue weighted by Crippen LogP contribution is -2.10. The van der Waals surface area contributed by atoms with Crippen molar-refractivity contribution in [1.82, 2.24) is 4.98 Å². The van der Waals surface area contributed by atoms with Gasteiger partial charge in [-0.05, 0) is 26.0 Å². The smallest absolute Gasteiger partial charge is 0.416 e. The number of aromatic nitrogens is 1. The van der Waals surface area contributed by atoms with Crippen LogP contribution in [-0.2, 0) is 10.9 Å². The summed E-state index contributed by atoms with van der Waals surface area (Å²) < 4.78 is 43.2. The number of benzene rings is 1. The van der Waals surface area contributed by atoms with Crippen LogP contribution in [0.3, 0.4) is 0 Å². The SMILES string of the molecule is CCOC(=O)c1c(C)ncc2ccc(C(F)(F)F)cc12. The molecular formula is C14H12F3NO2. The molecule has 0 radical (unpaired) electrons. The summed E-state index contributed by atoms with van der Waals surface area (Å²) in [4.78, 5) is 15.9. The number of esters is 1. The Bertz CT molecular complexity index is 665. The fourth-order valence-corrected chi connectivity index (χ4v) is 1.95. The average Bonchev–Trinajstić information content (AvgIpc) is 2.37. The van der Waals surface area contributed by atoms with E-state index < -0.39 is 17.7 Å². The van der Waals surface area contributed by atoms with Gasteiger partial charge in [-0.3, -0.25) is 4.98 Å². The van der Waals surface area contributed by atoms with Crippen molar-refractivity contribution in [3.05, 3.63) is 41.2 Å². The topological polar surface area (TPSA) is 39.2 Å². The van der Waals surface area contributed by atoms with Gasteiger partial charge in [0.2, 0.25) is 0 Å². The van der Waals surface area contributed by atoms with Gasteiger partial charge in [0.1, 0.15) is 0 Å². The van der Waals surface area contributed by atoms with Crippen molar-refractivity contribution < 1.29 is 22.7 Å². The number of ether oxygens (including phenoxy) is 1. The molecule has 0 unspecified atom stereocenters. The third kappa shape index (κ3) is 2.59. The van der Waals surface area contributed by atoms with Gasteiger partial charge in [0.25, 0.3) is 0 Å². The first-order chi connectivity index (χ1) is 9.34. The number of carbonyl (C=O) groups is 1. The molecule has 0 bridgehead atoms. The molecule has 0 saturated heterocycles. The number of nitrogens with zero attached hydrogens (tertiary/aromatic N) is 1. The van der Waals surface area contributed by atoms with Gasteiger partial charge in [0.05, 0.1) is 23.4 Å². The van der Waals surface area contributed by atoms with E-state index in [0.29, 0.717) is 11.1 Å². The van der Waals surface area contributed by atoms with Crippen molar-refractivity contribution >= 4 is 16.7 Å². The normalized spacial score (nSPS) is 11.7. The third-order valence-electron chi connectivity index (χ3n) is 2.89. The average molecular weight is 283 g/mol. The molecule has 6 heteroatoms.